The van der Waals surface area contributed by atoms with Gasteiger partial charge in [0, 0.05) is 25.6 Å². The molecule has 0 aliphatic rings. The van der Waals surface area contributed by atoms with E-state index in [1.165, 1.54) is 0 Å². The third-order valence-corrected chi connectivity index (χ3v) is 2.83. The van der Waals surface area contributed by atoms with Crippen molar-refractivity contribution in [3.05, 3.63) is 0 Å². The van der Waals surface area contributed by atoms with E-state index in [9.17, 15) is 4.79 Å². The van der Waals surface area contributed by atoms with Gasteiger partial charge in [0.1, 0.15) is 0 Å². The van der Waals surface area contributed by atoms with Crippen molar-refractivity contribution in [1.29, 1.82) is 0 Å². The van der Waals surface area contributed by atoms with Crippen molar-refractivity contribution >= 4 is 5.91 Å². The predicted octanol–water partition coefficient (Wildman–Crippen LogP) is 2.01. The SMILES string of the molecule is CCCCN(CCN)C(=O)C(CC)CC. The lowest BCUT2D eigenvalue weighted by atomic mass is 10.0. The molecule has 0 unspecified atom stereocenters. The second kappa shape index (κ2) is 8.72. The molecule has 15 heavy (non-hydrogen) atoms. The van der Waals surface area contributed by atoms with Gasteiger partial charge in [-0.05, 0) is 19.3 Å². The Balaban J connectivity index is 4.24. The maximum Gasteiger partial charge on any atom is 0.225 e. The van der Waals surface area contributed by atoms with E-state index in [0.717, 1.165) is 32.2 Å². The van der Waals surface area contributed by atoms with Crippen molar-refractivity contribution in [2.75, 3.05) is 19.6 Å². The summed E-state index contributed by atoms with van der Waals surface area (Å²) in [5.41, 5.74) is 5.53. The molecule has 3 heteroatoms. The Hall–Kier alpha value is -0.570. The van der Waals surface area contributed by atoms with Crippen LogP contribution in [0.2, 0.25) is 0 Å². The number of amides is 1. The normalized spacial score (nSPS) is 10.7. The molecule has 0 bridgehead atoms. The fraction of sp³-hybridized carbons (Fsp3) is 0.917. The third-order valence-electron chi connectivity index (χ3n) is 2.83. The van der Waals surface area contributed by atoms with Crippen LogP contribution < -0.4 is 5.73 Å². The molecule has 0 aliphatic heterocycles. The molecule has 0 rings (SSSR count). The van der Waals surface area contributed by atoms with Crippen LogP contribution in [0.25, 0.3) is 0 Å². The molecule has 0 atom stereocenters. The molecule has 0 aromatic rings. The number of hydrogen-bond donors (Lipinski definition) is 1. The summed E-state index contributed by atoms with van der Waals surface area (Å²) in [6.45, 7) is 8.43. The Bertz CT molecular complexity index is 167. The van der Waals surface area contributed by atoms with Crippen molar-refractivity contribution in [2.24, 2.45) is 11.7 Å². The molecule has 0 heterocycles. The Morgan fingerprint density at radius 2 is 1.80 bits per heavy atom. The summed E-state index contributed by atoms with van der Waals surface area (Å²) in [7, 11) is 0. The van der Waals surface area contributed by atoms with Crippen LogP contribution in [0, 0.1) is 5.92 Å². The summed E-state index contributed by atoms with van der Waals surface area (Å²) in [6, 6.07) is 0. The molecule has 2 N–H and O–H groups in total. The quantitative estimate of drug-likeness (QED) is 0.672. The number of carbonyl (C=O) groups is 1. The lowest BCUT2D eigenvalue weighted by Gasteiger charge is -2.26. The molecule has 0 aromatic heterocycles. The molecule has 0 aliphatic carbocycles. The first-order valence-corrected chi connectivity index (χ1v) is 6.19. The number of nitrogens with zero attached hydrogens (tertiary/aromatic N) is 1. The van der Waals surface area contributed by atoms with Crippen LogP contribution in [-0.2, 0) is 4.79 Å². The first-order valence-electron chi connectivity index (χ1n) is 6.19. The van der Waals surface area contributed by atoms with Crippen LogP contribution in [0.4, 0.5) is 0 Å². The lowest BCUT2D eigenvalue weighted by Crippen LogP contribution is -2.39. The minimum atomic E-state index is 0.188. The van der Waals surface area contributed by atoms with Gasteiger partial charge in [0.05, 0.1) is 0 Å². The van der Waals surface area contributed by atoms with Gasteiger partial charge in [-0.3, -0.25) is 4.79 Å². The average Bonchev–Trinajstić information content (AvgIpc) is 2.25. The highest BCUT2D eigenvalue weighted by atomic mass is 16.2. The average molecular weight is 214 g/mol. The van der Waals surface area contributed by atoms with Gasteiger partial charge in [-0.1, -0.05) is 27.2 Å². The molecule has 1 amide bonds. The highest BCUT2D eigenvalue weighted by molar-refractivity contribution is 5.78. The molecule has 0 radical (unpaired) electrons. The van der Waals surface area contributed by atoms with E-state index in [-0.39, 0.29) is 5.92 Å². The van der Waals surface area contributed by atoms with Gasteiger partial charge in [-0.2, -0.15) is 0 Å². The molecule has 0 fully saturated rings. The number of hydrogen-bond acceptors (Lipinski definition) is 2. The molecule has 90 valence electrons. The maximum absolute atomic E-state index is 12.1. The van der Waals surface area contributed by atoms with Gasteiger partial charge in [-0.25, -0.2) is 0 Å². The van der Waals surface area contributed by atoms with Crippen LogP contribution >= 0.6 is 0 Å². The number of nitrogens with two attached hydrogens (primary N) is 1. The van der Waals surface area contributed by atoms with Crippen LogP contribution in [0.15, 0.2) is 0 Å². The highest BCUT2D eigenvalue weighted by Crippen LogP contribution is 2.12. The van der Waals surface area contributed by atoms with E-state index in [2.05, 4.69) is 20.8 Å². The lowest BCUT2D eigenvalue weighted by molar-refractivity contribution is -0.135. The van der Waals surface area contributed by atoms with Gasteiger partial charge in [0.25, 0.3) is 0 Å². The van der Waals surface area contributed by atoms with Crippen molar-refractivity contribution < 1.29 is 4.79 Å². The number of carbonyl (C=O) groups excluding carboxylic acids is 1. The highest BCUT2D eigenvalue weighted by Gasteiger charge is 2.20. The second-order valence-corrected chi connectivity index (χ2v) is 3.98. The van der Waals surface area contributed by atoms with Crippen LogP contribution in [-0.4, -0.2) is 30.4 Å². The fourth-order valence-corrected chi connectivity index (χ4v) is 1.73. The van der Waals surface area contributed by atoms with Crippen molar-refractivity contribution in [3.8, 4) is 0 Å². The zero-order chi connectivity index (χ0) is 11.7. The van der Waals surface area contributed by atoms with Gasteiger partial charge in [0.2, 0.25) is 5.91 Å². The molecular formula is C12H26N2O. The summed E-state index contributed by atoms with van der Waals surface area (Å²) < 4.78 is 0. The predicted molar refractivity (Wildman–Crippen MR) is 64.6 cm³/mol. The van der Waals surface area contributed by atoms with E-state index < -0.39 is 0 Å². The van der Waals surface area contributed by atoms with Crippen LogP contribution in [0.5, 0.6) is 0 Å². The molecule has 0 saturated carbocycles. The Morgan fingerprint density at radius 3 is 2.20 bits per heavy atom. The van der Waals surface area contributed by atoms with Crippen molar-refractivity contribution in [3.63, 3.8) is 0 Å². The minimum Gasteiger partial charge on any atom is -0.341 e. The van der Waals surface area contributed by atoms with Gasteiger partial charge in [-0.15, -0.1) is 0 Å². The standard InChI is InChI=1S/C12H26N2O/c1-4-7-9-14(10-8-13)12(15)11(5-2)6-3/h11H,4-10,13H2,1-3H3. The van der Waals surface area contributed by atoms with Crippen molar-refractivity contribution in [2.45, 2.75) is 46.5 Å². The zero-order valence-corrected chi connectivity index (χ0v) is 10.5. The number of unbranched alkanes of at least 4 members (excludes halogenated alkanes) is 1. The summed E-state index contributed by atoms with van der Waals surface area (Å²) in [5.74, 6) is 0.479. The molecule has 3 nitrogen and oxygen atoms in total. The van der Waals surface area contributed by atoms with Gasteiger partial charge >= 0.3 is 0 Å². The van der Waals surface area contributed by atoms with E-state index in [4.69, 9.17) is 5.73 Å². The van der Waals surface area contributed by atoms with E-state index in [1.807, 2.05) is 4.90 Å². The zero-order valence-electron chi connectivity index (χ0n) is 10.5. The minimum absolute atomic E-state index is 0.188. The van der Waals surface area contributed by atoms with E-state index in [0.29, 0.717) is 19.0 Å². The topological polar surface area (TPSA) is 46.3 Å². The molecule has 0 aromatic carbocycles. The summed E-state index contributed by atoms with van der Waals surface area (Å²) in [6.07, 6.45) is 4.06. The first-order chi connectivity index (χ1) is 7.21. The number of rotatable bonds is 8. The van der Waals surface area contributed by atoms with Crippen LogP contribution in [0.1, 0.15) is 46.5 Å². The Labute approximate surface area is 94.0 Å². The first kappa shape index (κ1) is 14.4. The van der Waals surface area contributed by atoms with Gasteiger partial charge < -0.3 is 10.6 Å². The second-order valence-electron chi connectivity index (χ2n) is 3.98. The monoisotopic (exact) mass is 214 g/mol. The Kier molecular flexibility index (Phi) is 8.38. The van der Waals surface area contributed by atoms with Crippen LogP contribution in [0.3, 0.4) is 0 Å². The summed E-state index contributed by atoms with van der Waals surface area (Å²) >= 11 is 0. The summed E-state index contributed by atoms with van der Waals surface area (Å²) in [5, 5.41) is 0. The molecule has 0 spiro atoms. The van der Waals surface area contributed by atoms with Gasteiger partial charge in [0.15, 0.2) is 0 Å². The van der Waals surface area contributed by atoms with E-state index in [1.54, 1.807) is 0 Å². The fourth-order valence-electron chi connectivity index (χ4n) is 1.73. The largest absolute Gasteiger partial charge is 0.341 e. The summed E-state index contributed by atoms with van der Waals surface area (Å²) in [4.78, 5) is 14.0. The third kappa shape index (κ3) is 5.17. The van der Waals surface area contributed by atoms with Crippen molar-refractivity contribution in [1.82, 2.24) is 4.90 Å². The Morgan fingerprint density at radius 1 is 1.20 bits per heavy atom. The molecular weight excluding hydrogens is 188 g/mol. The van der Waals surface area contributed by atoms with E-state index >= 15 is 0 Å². The molecule has 0 saturated heterocycles. The maximum atomic E-state index is 12.1. The smallest absolute Gasteiger partial charge is 0.225 e.